The molecular formula is C19H15N5O2S. The number of amides is 1. The Labute approximate surface area is 159 Å². The summed E-state index contributed by atoms with van der Waals surface area (Å²) in [5.41, 5.74) is 2.01. The van der Waals surface area contributed by atoms with Crippen molar-refractivity contribution in [2.45, 2.75) is 0 Å². The predicted octanol–water partition coefficient (Wildman–Crippen LogP) is 3.54. The maximum atomic E-state index is 11.7. The molecule has 0 aliphatic rings. The number of carbonyl (C=O) groups is 1. The molecule has 1 N–H and O–H groups in total. The summed E-state index contributed by atoms with van der Waals surface area (Å²) in [7, 11) is 1.56. The van der Waals surface area contributed by atoms with Gasteiger partial charge in [-0.3, -0.25) is 9.78 Å². The third-order valence-electron chi connectivity index (χ3n) is 3.80. The van der Waals surface area contributed by atoms with Gasteiger partial charge in [0.25, 0.3) is 5.91 Å². The largest absolute Gasteiger partial charge is 0.457 e. The first-order chi connectivity index (χ1) is 13.2. The van der Waals surface area contributed by atoms with Gasteiger partial charge in [-0.2, -0.15) is 0 Å². The number of benzene rings is 1. The lowest BCUT2D eigenvalue weighted by Crippen LogP contribution is -2.18. The van der Waals surface area contributed by atoms with Crippen LogP contribution in [0.4, 0.5) is 0 Å². The van der Waals surface area contributed by atoms with E-state index in [0.717, 1.165) is 16.3 Å². The van der Waals surface area contributed by atoms with Crippen molar-refractivity contribution in [3.63, 3.8) is 0 Å². The molecule has 4 rings (SSSR count). The molecule has 0 bridgehead atoms. The molecule has 3 heterocycles. The second kappa shape index (κ2) is 7.38. The minimum Gasteiger partial charge on any atom is -0.457 e. The van der Waals surface area contributed by atoms with Crippen molar-refractivity contribution in [1.29, 1.82) is 0 Å². The molecule has 0 spiro atoms. The highest BCUT2D eigenvalue weighted by molar-refractivity contribution is 7.13. The Morgan fingerprint density at radius 3 is 2.74 bits per heavy atom. The zero-order valence-electron chi connectivity index (χ0n) is 14.4. The number of aromatic nitrogens is 4. The first kappa shape index (κ1) is 16.9. The van der Waals surface area contributed by atoms with Gasteiger partial charge in [-0.05, 0) is 41.8 Å². The van der Waals surface area contributed by atoms with Crippen molar-refractivity contribution in [1.82, 2.24) is 25.3 Å². The first-order valence-corrected chi connectivity index (χ1v) is 9.03. The van der Waals surface area contributed by atoms with Crippen LogP contribution in [0, 0.1) is 0 Å². The fourth-order valence-corrected chi connectivity index (χ4v) is 3.13. The molecule has 0 unspecified atom stereocenters. The van der Waals surface area contributed by atoms with E-state index in [1.807, 2.05) is 48.0 Å². The summed E-state index contributed by atoms with van der Waals surface area (Å²) in [5, 5.41) is 12.9. The predicted molar refractivity (Wildman–Crippen MR) is 102 cm³/mol. The molecule has 27 heavy (non-hydrogen) atoms. The minimum absolute atomic E-state index is 0.261. The Morgan fingerprint density at radius 1 is 1.15 bits per heavy atom. The molecule has 0 aliphatic carbocycles. The Morgan fingerprint density at radius 2 is 2.00 bits per heavy atom. The molecule has 0 saturated carbocycles. The van der Waals surface area contributed by atoms with Crippen LogP contribution < -0.4 is 10.1 Å². The number of carbonyl (C=O) groups excluding carboxylic acids is 1. The number of nitrogens with zero attached hydrogens (tertiary/aromatic N) is 4. The Kier molecular flexibility index (Phi) is 4.63. The van der Waals surface area contributed by atoms with E-state index in [1.165, 1.54) is 6.20 Å². The molecule has 1 aromatic carbocycles. The highest BCUT2D eigenvalue weighted by atomic mass is 32.1. The van der Waals surface area contributed by atoms with Crippen LogP contribution in [0.25, 0.3) is 16.3 Å². The first-order valence-electron chi connectivity index (χ1n) is 8.15. The van der Waals surface area contributed by atoms with Crippen molar-refractivity contribution < 1.29 is 9.53 Å². The van der Waals surface area contributed by atoms with Crippen molar-refractivity contribution in [2.24, 2.45) is 0 Å². The van der Waals surface area contributed by atoms with Gasteiger partial charge in [0, 0.05) is 19.3 Å². The third kappa shape index (κ3) is 3.70. The SMILES string of the molecule is CNC(=O)c1cc(Oc2ccc(-n3cc(-c4cccs4)nn3)cc2)ccn1. The number of rotatable bonds is 5. The van der Waals surface area contributed by atoms with Gasteiger partial charge in [0.1, 0.15) is 22.9 Å². The van der Waals surface area contributed by atoms with E-state index in [2.05, 4.69) is 20.6 Å². The topological polar surface area (TPSA) is 81.9 Å². The molecule has 0 radical (unpaired) electrons. The summed E-state index contributed by atoms with van der Waals surface area (Å²) in [6.45, 7) is 0. The maximum Gasteiger partial charge on any atom is 0.269 e. The van der Waals surface area contributed by atoms with Gasteiger partial charge in [0.2, 0.25) is 0 Å². The fraction of sp³-hybridized carbons (Fsp3) is 0.0526. The lowest BCUT2D eigenvalue weighted by Gasteiger charge is -2.07. The van der Waals surface area contributed by atoms with Gasteiger partial charge in [-0.25, -0.2) is 4.68 Å². The smallest absolute Gasteiger partial charge is 0.269 e. The molecular weight excluding hydrogens is 362 g/mol. The monoisotopic (exact) mass is 377 g/mol. The third-order valence-corrected chi connectivity index (χ3v) is 4.69. The average molecular weight is 377 g/mol. The second-order valence-electron chi connectivity index (χ2n) is 5.58. The molecule has 0 aliphatic heterocycles. The molecule has 0 saturated heterocycles. The molecule has 4 aromatic rings. The lowest BCUT2D eigenvalue weighted by molar-refractivity contribution is 0.0958. The molecule has 7 nitrogen and oxygen atoms in total. The summed E-state index contributed by atoms with van der Waals surface area (Å²) >= 11 is 1.62. The van der Waals surface area contributed by atoms with E-state index in [1.54, 1.807) is 35.2 Å². The van der Waals surface area contributed by atoms with E-state index in [-0.39, 0.29) is 5.91 Å². The van der Waals surface area contributed by atoms with E-state index >= 15 is 0 Å². The molecule has 8 heteroatoms. The molecule has 0 fully saturated rings. The highest BCUT2D eigenvalue weighted by Crippen LogP contribution is 2.25. The summed E-state index contributed by atoms with van der Waals surface area (Å²) < 4.78 is 7.52. The number of hydrogen-bond donors (Lipinski definition) is 1. The zero-order valence-corrected chi connectivity index (χ0v) is 15.2. The van der Waals surface area contributed by atoms with E-state index in [0.29, 0.717) is 17.2 Å². The quantitative estimate of drug-likeness (QED) is 0.575. The maximum absolute atomic E-state index is 11.7. The van der Waals surface area contributed by atoms with E-state index < -0.39 is 0 Å². The molecule has 1 amide bonds. The van der Waals surface area contributed by atoms with Crippen molar-refractivity contribution in [3.8, 4) is 27.8 Å². The van der Waals surface area contributed by atoms with Crippen LogP contribution in [0.2, 0.25) is 0 Å². The number of pyridine rings is 1. The van der Waals surface area contributed by atoms with Gasteiger partial charge in [-0.15, -0.1) is 16.4 Å². The van der Waals surface area contributed by atoms with Gasteiger partial charge in [0.15, 0.2) is 0 Å². The minimum atomic E-state index is -0.261. The van der Waals surface area contributed by atoms with Gasteiger partial charge >= 0.3 is 0 Å². The Hall–Kier alpha value is -3.52. The van der Waals surface area contributed by atoms with Crippen molar-refractivity contribution in [2.75, 3.05) is 7.05 Å². The molecule has 0 atom stereocenters. The summed E-state index contributed by atoms with van der Waals surface area (Å²) in [5.74, 6) is 0.923. The van der Waals surface area contributed by atoms with Crippen LogP contribution in [-0.2, 0) is 0 Å². The Balaban J connectivity index is 1.50. The lowest BCUT2D eigenvalue weighted by atomic mass is 10.3. The molecule has 3 aromatic heterocycles. The number of hydrogen-bond acceptors (Lipinski definition) is 6. The van der Waals surface area contributed by atoms with Crippen LogP contribution in [0.1, 0.15) is 10.5 Å². The van der Waals surface area contributed by atoms with Gasteiger partial charge in [-0.1, -0.05) is 11.3 Å². The standard InChI is InChI=1S/C19H15N5O2S/c1-20-19(25)16-11-15(8-9-21-16)26-14-6-4-13(5-7-14)24-12-17(22-23-24)18-3-2-10-27-18/h2-12H,1H3,(H,20,25). The summed E-state index contributed by atoms with van der Waals surface area (Å²) in [6.07, 6.45) is 3.43. The highest BCUT2D eigenvalue weighted by Gasteiger charge is 2.08. The Bertz CT molecular complexity index is 1060. The van der Waals surface area contributed by atoms with E-state index in [9.17, 15) is 4.79 Å². The second-order valence-corrected chi connectivity index (χ2v) is 6.53. The summed E-state index contributed by atoms with van der Waals surface area (Å²) in [4.78, 5) is 16.8. The van der Waals surface area contributed by atoms with Gasteiger partial charge in [0.05, 0.1) is 16.8 Å². The van der Waals surface area contributed by atoms with Crippen LogP contribution in [0.3, 0.4) is 0 Å². The van der Waals surface area contributed by atoms with E-state index in [4.69, 9.17) is 4.74 Å². The van der Waals surface area contributed by atoms with Crippen molar-refractivity contribution in [3.05, 3.63) is 72.0 Å². The average Bonchev–Trinajstić information content (AvgIpc) is 3.40. The number of thiophene rings is 1. The zero-order chi connectivity index (χ0) is 18.6. The number of ether oxygens (including phenoxy) is 1. The van der Waals surface area contributed by atoms with Crippen molar-refractivity contribution >= 4 is 17.2 Å². The fourth-order valence-electron chi connectivity index (χ4n) is 2.46. The summed E-state index contributed by atoms with van der Waals surface area (Å²) in [6, 6.07) is 14.7. The van der Waals surface area contributed by atoms with Crippen LogP contribution in [-0.4, -0.2) is 32.9 Å². The van der Waals surface area contributed by atoms with Crippen LogP contribution >= 0.6 is 11.3 Å². The van der Waals surface area contributed by atoms with Gasteiger partial charge < -0.3 is 10.1 Å². The number of nitrogens with one attached hydrogen (secondary N) is 1. The normalized spacial score (nSPS) is 10.6. The molecule has 134 valence electrons. The van der Waals surface area contributed by atoms with Crippen LogP contribution in [0.5, 0.6) is 11.5 Å². The van der Waals surface area contributed by atoms with Crippen LogP contribution in [0.15, 0.2) is 66.3 Å².